The second kappa shape index (κ2) is 4.31. The maximum Gasteiger partial charge on any atom is 0.418 e. The molecule has 0 aromatic carbocycles. The topological polar surface area (TPSA) is 23.9 Å². The fraction of sp³-hybridized carbons (Fsp3) is 0.444. The van der Waals surface area contributed by atoms with Crippen LogP contribution in [0.3, 0.4) is 0 Å². The highest BCUT2D eigenvalue weighted by Crippen LogP contribution is 2.39. The van der Waals surface area contributed by atoms with Crippen molar-refractivity contribution in [1.29, 1.82) is 5.41 Å². The Bertz CT molecular complexity index is 310. The predicted octanol–water partition coefficient (Wildman–Crippen LogP) is 4.02. The van der Waals surface area contributed by atoms with E-state index in [0.717, 1.165) is 6.92 Å². The quantitative estimate of drug-likeness (QED) is 0.431. The standard InChI is InChI=1S/C9H9F6N/c1-4(2)6(8(10,11)12)7(5(3)16)9(13,14)15/h16H,1H2,2-3H3/b7-6-,16-5?. The summed E-state index contributed by atoms with van der Waals surface area (Å²) in [4.78, 5) is 0. The van der Waals surface area contributed by atoms with Gasteiger partial charge >= 0.3 is 12.4 Å². The smallest absolute Gasteiger partial charge is 0.305 e. The second-order valence-corrected chi connectivity index (χ2v) is 3.15. The minimum Gasteiger partial charge on any atom is -0.305 e. The van der Waals surface area contributed by atoms with Gasteiger partial charge in [-0.2, -0.15) is 26.3 Å². The third kappa shape index (κ3) is 3.39. The van der Waals surface area contributed by atoms with Crippen molar-refractivity contribution in [2.24, 2.45) is 0 Å². The lowest BCUT2D eigenvalue weighted by Gasteiger charge is -2.19. The van der Waals surface area contributed by atoms with Gasteiger partial charge in [-0.15, -0.1) is 0 Å². The van der Waals surface area contributed by atoms with Gasteiger partial charge in [-0.3, -0.25) is 0 Å². The fourth-order valence-corrected chi connectivity index (χ4v) is 1.14. The molecule has 1 nitrogen and oxygen atoms in total. The molecule has 0 unspecified atom stereocenters. The molecule has 0 amide bonds. The molecule has 0 radical (unpaired) electrons. The van der Waals surface area contributed by atoms with Crippen molar-refractivity contribution in [2.45, 2.75) is 26.2 Å². The van der Waals surface area contributed by atoms with Gasteiger partial charge in [0.2, 0.25) is 0 Å². The number of halogens is 6. The van der Waals surface area contributed by atoms with E-state index in [0.29, 0.717) is 6.92 Å². The molecular weight excluding hydrogens is 236 g/mol. The van der Waals surface area contributed by atoms with E-state index in [9.17, 15) is 26.3 Å². The minimum atomic E-state index is -5.23. The Hall–Kier alpha value is -1.27. The number of rotatable bonds is 2. The normalized spacial score (nSPS) is 14.5. The van der Waals surface area contributed by atoms with Gasteiger partial charge in [0.25, 0.3) is 0 Å². The summed E-state index contributed by atoms with van der Waals surface area (Å²) in [6, 6.07) is 0. The molecule has 0 aliphatic carbocycles. The third-order valence-electron chi connectivity index (χ3n) is 1.62. The first-order valence-electron chi connectivity index (χ1n) is 3.99. The van der Waals surface area contributed by atoms with Crippen LogP contribution in [0.4, 0.5) is 26.3 Å². The van der Waals surface area contributed by atoms with E-state index in [1.807, 2.05) is 0 Å². The molecule has 0 aromatic rings. The molecule has 0 aromatic heterocycles. The number of hydrogen-bond acceptors (Lipinski definition) is 1. The maximum atomic E-state index is 12.4. The van der Waals surface area contributed by atoms with Gasteiger partial charge in [0.05, 0.1) is 11.1 Å². The number of nitrogens with one attached hydrogen (secondary N) is 1. The fourth-order valence-electron chi connectivity index (χ4n) is 1.14. The Morgan fingerprint density at radius 3 is 1.25 bits per heavy atom. The van der Waals surface area contributed by atoms with Gasteiger partial charge in [-0.1, -0.05) is 6.58 Å². The van der Waals surface area contributed by atoms with Crippen LogP contribution in [0.25, 0.3) is 0 Å². The van der Waals surface area contributed by atoms with Crippen LogP contribution in [0.1, 0.15) is 13.8 Å². The highest BCUT2D eigenvalue weighted by molar-refractivity contribution is 5.98. The Kier molecular flexibility index (Phi) is 3.96. The van der Waals surface area contributed by atoms with E-state index in [-0.39, 0.29) is 0 Å². The van der Waals surface area contributed by atoms with Crippen LogP contribution in [0, 0.1) is 5.41 Å². The van der Waals surface area contributed by atoms with E-state index >= 15 is 0 Å². The lowest BCUT2D eigenvalue weighted by Crippen LogP contribution is -2.26. The van der Waals surface area contributed by atoms with Crippen LogP contribution >= 0.6 is 0 Å². The molecule has 16 heavy (non-hydrogen) atoms. The van der Waals surface area contributed by atoms with Crippen molar-refractivity contribution in [2.75, 3.05) is 0 Å². The van der Waals surface area contributed by atoms with E-state index in [1.54, 1.807) is 0 Å². The van der Waals surface area contributed by atoms with Gasteiger partial charge < -0.3 is 5.41 Å². The Morgan fingerprint density at radius 1 is 0.875 bits per heavy atom. The molecule has 0 spiro atoms. The average Bonchev–Trinajstić information content (AvgIpc) is 1.92. The summed E-state index contributed by atoms with van der Waals surface area (Å²) in [7, 11) is 0. The summed E-state index contributed by atoms with van der Waals surface area (Å²) in [5, 5.41) is 6.79. The lowest BCUT2D eigenvalue weighted by atomic mass is 9.98. The summed E-state index contributed by atoms with van der Waals surface area (Å²) < 4.78 is 74.3. The van der Waals surface area contributed by atoms with E-state index < -0.39 is 34.8 Å². The van der Waals surface area contributed by atoms with Gasteiger partial charge in [0.15, 0.2) is 0 Å². The molecule has 0 saturated heterocycles. The predicted molar refractivity (Wildman–Crippen MR) is 47.4 cm³/mol. The van der Waals surface area contributed by atoms with Gasteiger partial charge in [-0.05, 0) is 19.4 Å². The molecule has 0 bridgehead atoms. The average molecular weight is 245 g/mol. The molecule has 0 rings (SSSR count). The molecule has 0 aliphatic rings. The summed E-state index contributed by atoms with van der Waals surface area (Å²) in [5.41, 5.74) is -5.85. The highest BCUT2D eigenvalue weighted by atomic mass is 19.4. The number of hydrogen-bond donors (Lipinski definition) is 1. The SMILES string of the molecule is C=C(C)/C(=C(\C(C)=N)C(F)(F)F)C(F)(F)F. The second-order valence-electron chi connectivity index (χ2n) is 3.15. The molecule has 1 N–H and O–H groups in total. The van der Waals surface area contributed by atoms with Crippen LogP contribution in [0.5, 0.6) is 0 Å². The first-order chi connectivity index (χ1) is 6.89. The molecule has 7 heteroatoms. The van der Waals surface area contributed by atoms with E-state index in [4.69, 9.17) is 5.41 Å². The Balaban J connectivity index is 6.09. The zero-order valence-corrected chi connectivity index (χ0v) is 8.47. The Labute approximate surface area is 88.0 Å². The van der Waals surface area contributed by atoms with Crippen molar-refractivity contribution in [1.82, 2.24) is 0 Å². The van der Waals surface area contributed by atoms with E-state index in [2.05, 4.69) is 6.58 Å². The Morgan fingerprint density at radius 2 is 1.19 bits per heavy atom. The monoisotopic (exact) mass is 245 g/mol. The molecule has 0 atom stereocenters. The number of alkyl halides is 6. The molecule has 0 aliphatic heterocycles. The first kappa shape index (κ1) is 14.7. The highest BCUT2D eigenvalue weighted by Gasteiger charge is 2.46. The molecule has 0 fully saturated rings. The molecule has 0 heterocycles. The zero-order chi connectivity index (χ0) is 13.3. The largest absolute Gasteiger partial charge is 0.418 e. The summed E-state index contributed by atoms with van der Waals surface area (Å²) in [5.74, 6) is 0. The van der Waals surface area contributed by atoms with Gasteiger partial charge in [0.1, 0.15) is 0 Å². The van der Waals surface area contributed by atoms with E-state index in [1.165, 1.54) is 0 Å². The van der Waals surface area contributed by atoms with Crippen LogP contribution in [0.15, 0.2) is 23.3 Å². The minimum absolute atomic E-state index is 0.650. The first-order valence-corrected chi connectivity index (χ1v) is 3.99. The molecule has 0 saturated carbocycles. The number of allylic oxidation sites excluding steroid dienone is 3. The van der Waals surface area contributed by atoms with Crippen molar-refractivity contribution in [3.63, 3.8) is 0 Å². The van der Waals surface area contributed by atoms with Crippen LogP contribution in [0.2, 0.25) is 0 Å². The third-order valence-corrected chi connectivity index (χ3v) is 1.62. The molecule has 92 valence electrons. The zero-order valence-electron chi connectivity index (χ0n) is 8.47. The van der Waals surface area contributed by atoms with Crippen LogP contribution < -0.4 is 0 Å². The maximum absolute atomic E-state index is 12.4. The van der Waals surface area contributed by atoms with Crippen molar-refractivity contribution >= 4 is 5.71 Å². The van der Waals surface area contributed by atoms with Crippen LogP contribution in [-0.4, -0.2) is 18.1 Å². The van der Waals surface area contributed by atoms with Crippen molar-refractivity contribution in [3.8, 4) is 0 Å². The summed E-state index contributed by atoms with van der Waals surface area (Å²) >= 11 is 0. The summed E-state index contributed by atoms with van der Waals surface area (Å²) in [6.45, 7) is 4.33. The van der Waals surface area contributed by atoms with Gasteiger partial charge in [0, 0.05) is 5.71 Å². The molecular formula is C9H9F6N. The van der Waals surface area contributed by atoms with Gasteiger partial charge in [-0.25, -0.2) is 0 Å². The van der Waals surface area contributed by atoms with Crippen molar-refractivity contribution in [3.05, 3.63) is 23.3 Å². The van der Waals surface area contributed by atoms with Crippen LogP contribution in [-0.2, 0) is 0 Å². The van der Waals surface area contributed by atoms with Crippen molar-refractivity contribution < 1.29 is 26.3 Å². The summed E-state index contributed by atoms with van der Waals surface area (Å²) in [6.07, 6.45) is -10.4. The lowest BCUT2D eigenvalue weighted by molar-refractivity contribution is -0.109.